The fourth-order valence-corrected chi connectivity index (χ4v) is 3.03. The van der Waals surface area contributed by atoms with Gasteiger partial charge in [-0.3, -0.25) is 4.79 Å². The molecule has 0 aliphatic heterocycles. The van der Waals surface area contributed by atoms with Crippen LogP contribution in [0.1, 0.15) is 42.3 Å². The minimum atomic E-state index is -0.0352. The number of carbonyl (C=O) groups is 1. The van der Waals surface area contributed by atoms with Crippen LogP contribution in [0.25, 0.3) is 10.9 Å². The van der Waals surface area contributed by atoms with Crippen LogP contribution in [0.2, 0.25) is 0 Å². The predicted octanol–water partition coefficient (Wildman–Crippen LogP) is 4.45. The largest absolute Gasteiger partial charge is 0.497 e. The summed E-state index contributed by atoms with van der Waals surface area (Å²) in [6.07, 6.45) is 2.77. The Kier molecular flexibility index (Phi) is 5.03. The molecule has 0 radical (unpaired) electrons. The van der Waals surface area contributed by atoms with E-state index in [-0.39, 0.29) is 11.3 Å². The molecule has 0 aliphatic carbocycles. The van der Waals surface area contributed by atoms with Crippen LogP contribution in [0.5, 0.6) is 5.75 Å². The monoisotopic (exact) mass is 350 g/mol. The zero-order valence-electron chi connectivity index (χ0n) is 15.8. The zero-order chi connectivity index (χ0) is 18.7. The number of nitrogens with one attached hydrogen (secondary N) is 2. The van der Waals surface area contributed by atoms with Crippen molar-refractivity contribution >= 4 is 16.8 Å². The number of ether oxygens (including phenoxy) is 1. The molecule has 2 N–H and O–H groups in total. The van der Waals surface area contributed by atoms with E-state index in [0.717, 1.165) is 23.1 Å². The highest BCUT2D eigenvalue weighted by Gasteiger charge is 2.14. The van der Waals surface area contributed by atoms with Gasteiger partial charge in [-0.2, -0.15) is 0 Å². The standard InChI is InChI=1S/C22H26N2O2/c1-22(2,3)17-7-5-15(6-8-17)21(25)23-12-11-16-14-24-20-13-18(26-4)9-10-19(16)20/h5-10,13-14,24H,11-12H2,1-4H3,(H,23,25). The summed E-state index contributed by atoms with van der Waals surface area (Å²) in [6, 6.07) is 13.8. The molecule has 4 nitrogen and oxygen atoms in total. The van der Waals surface area contributed by atoms with Crippen LogP contribution in [0, 0.1) is 0 Å². The maximum Gasteiger partial charge on any atom is 0.251 e. The number of amides is 1. The van der Waals surface area contributed by atoms with Crippen LogP contribution in [0.3, 0.4) is 0 Å². The Labute approximate surface area is 154 Å². The summed E-state index contributed by atoms with van der Waals surface area (Å²) in [5, 5.41) is 4.17. The molecule has 0 unspecified atom stereocenters. The molecule has 0 fully saturated rings. The molecule has 3 rings (SSSR count). The van der Waals surface area contributed by atoms with Crippen molar-refractivity contribution in [2.45, 2.75) is 32.6 Å². The average Bonchev–Trinajstić information content (AvgIpc) is 3.03. The molecule has 3 aromatic rings. The van der Waals surface area contributed by atoms with E-state index in [1.807, 2.05) is 48.7 Å². The van der Waals surface area contributed by atoms with Gasteiger partial charge < -0.3 is 15.0 Å². The van der Waals surface area contributed by atoms with Crippen molar-refractivity contribution in [1.82, 2.24) is 10.3 Å². The Morgan fingerprint density at radius 1 is 1.12 bits per heavy atom. The summed E-state index contributed by atoms with van der Waals surface area (Å²) in [6.45, 7) is 7.09. The summed E-state index contributed by atoms with van der Waals surface area (Å²) < 4.78 is 5.25. The van der Waals surface area contributed by atoms with Gasteiger partial charge in [-0.1, -0.05) is 32.9 Å². The van der Waals surface area contributed by atoms with E-state index in [9.17, 15) is 4.79 Å². The van der Waals surface area contributed by atoms with E-state index < -0.39 is 0 Å². The first-order valence-electron chi connectivity index (χ1n) is 8.91. The quantitative estimate of drug-likeness (QED) is 0.714. The molecule has 1 amide bonds. The molecule has 0 aliphatic rings. The Morgan fingerprint density at radius 2 is 1.85 bits per heavy atom. The van der Waals surface area contributed by atoms with Gasteiger partial charge in [0.05, 0.1) is 7.11 Å². The normalized spacial score (nSPS) is 11.5. The van der Waals surface area contributed by atoms with Crippen LogP contribution in [0.4, 0.5) is 0 Å². The lowest BCUT2D eigenvalue weighted by Gasteiger charge is -2.19. The number of rotatable bonds is 5. The van der Waals surface area contributed by atoms with E-state index in [1.165, 1.54) is 11.1 Å². The van der Waals surface area contributed by atoms with Crippen molar-refractivity contribution in [3.05, 3.63) is 65.4 Å². The second-order valence-electron chi connectivity index (χ2n) is 7.56. The van der Waals surface area contributed by atoms with Crippen molar-refractivity contribution in [2.75, 3.05) is 13.7 Å². The minimum absolute atomic E-state index is 0.0352. The lowest BCUT2D eigenvalue weighted by Crippen LogP contribution is -2.25. The number of aromatic nitrogens is 1. The maximum atomic E-state index is 12.3. The third-order valence-corrected chi connectivity index (χ3v) is 4.67. The van der Waals surface area contributed by atoms with Crippen molar-refractivity contribution in [3.8, 4) is 5.75 Å². The summed E-state index contributed by atoms with van der Waals surface area (Å²) in [5.41, 5.74) is 4.24. The summed E-state index contributed by atoms with van der Waals surface area (Å²) in [7, 11) is 1.66. The Balaban J connectivity index is 1.60. The molecule has 2 aromatic carbocycles. The van der Waals surface area contributed by atoms with Gasteiger partial charge in [-0.25, -0.2) is 0 Å². The van der Waals surface area contributed by atoms with Crippen LogP contribution in [-0.4, -0.2) is 24.5 Å². The highest BCUT2D eigenvalue weighted by Crippen LogP contribution is 2.24. The number of hydrogen-bond donors (Lipinski definition) is 2. The van der Waals surface area contributed by atoms with Gasteiger partial charge in [0.25, 0.3) is 5.91 Å². The minimum Gasteiger partial charge on any atom is -0.497 e. The molecule has 26 heavy (non-hydrogen) atoms. The number of carbonyl (C=O) groups excluding carboxylic acids is 1. The van der Waals surface area contributed by atoms with Gasteiger partial charge in [-0.05, 0) is 47.2 Å². The molecular weight excluding hydrogens is 324 g/mol. The molecule has 1 aromatic heterocycles. The predicted molar refractivity (Wildman–Crippen MR) is 106 cm³/mol. The fraction of sp³-hybridized carbons (Fsp3) is 0.318. The first-order chi connectivity index (χ1) is 12.4. The third kappa shape index (κ3) is 3.90. The number of H-pyrrole nitrogens is 1. The molecule has 0 saturated heterocycles. The Morgan fingerprint density at radius 3 is 2.50 bits per heavy atom. The highest BCUT2D eigenvalue weighted by atomic mass is 16.5. The molecule has 1 heterocycles. The smallest absolute Gasteiger partial charge is 0.251 e. The maximum absolute atomic E-state index is 12.3. The molecular formula is C22H26N2O2. The Hall–Kier alpha value is -2.75. The zero-order valence-corrected chi connectivity index (χ0v) is 15.8. The molecule has 4 heteroatoms. The lowest BCUT2D eigenvalue weighted by atomic mass is 9.87. The van der Waals surface area contributed by atoms with Crippen LogP contribution < -0.4 is 10.1 Å². The van der Waals surface area contributed by atoms with Crippen LogP contribution in [0.15, 0.2) is 48.7 Å². The topological polar surface area (TPSA) is 54.1 Å². The second kappa shape index (κ2) is 7.24. The van der Waals surface area contributed by atoms with Gasteiger partial charge >= 0.3 is 0 Å². The Bertz CT molecular complexity index is 902. The van der Waals surface area contributed by atoms with Gasteiger partial charge in [0.15, 0.2) is 0 Å². The molecule has 0 saturated carbocycles. The van der Waals surface area contributed by atoms with Gasteiger partial charge in [0.1, 0.15) is 5.75 Å². The first kappa shape index (κ1) is 18.1. The highest BCUT2D eigenvalue weighted by molar-refractivity contribution is 5.94. The molecule has 0 bridgehead atoms. The van der Waals surface area contributed by atoms with Crippen molar-refractivity contribution in [1.29, 1.82) is 0 Å². The lowest BCUT2D eigenvalue weighted by molar-refractivity contribution is 0.0954. The third-order valence-electron chi connectivity index (χ3n) is 4.67. The van der Waals surface area contributed by atoms with Gasteiger partial charge in [0.2, 0.25) is 0 Å². The van der Waals surface area contributed by atoms with Crippen molar-refractivity contribution < 1.29 is 9.53 Å². The van der Waals surface area contributed by atoms with E-state index in [2.05, 4.69) is 31.1 Å². The molecule has 136 valence electrons. The summed E-state index contributed by atoms with van der Waals surface area (Å²) in [5.74, 6) is 0.796. The fourth-order valence-electron chi connectivity index (χ4n) is 3.03. The van der Waals surface area contributed by atoms with E-state index in [0.29, 0.717) is 12.1 Å². The van der Waals surface area contributed by atoms with Crippen LogP contribution in [-0.2, 0) is 11.8 Å². The number of methoxy groups -OCH3 is 1. The number of hydrogen-bond acceptors (Lipinski definition) is 2. The van der Waals surface area contributed by atoms with Crippen molar-refractivity contribution in [3.63, 3.8) is 0 Å². The van der Waals surface area contributed by atoms with Gasteiger partial charge in [-0.15, -0.1) is 0 Å². The van der Waals surface area contributed by atoms with Crippen LogP contribution >= 0.6 is 0 Å². The van der Waals surface area contributed by atoms with Gasteiger partial charge in [0, 0.05) is 35.3 Å². The molecule has 0 atom stereocenters. The second-order valence-corrected chi connectivity index (χ2v) is 7.56. The average molecular weight is 350 g/mol. The number of fused-ring (bicyclic) bond motifs is 1. The summed E-state index contributed by atoms with van der Waals surface area (Å²) >= 11 is 0. The van der Waals surface area contributed by atoms with E-state index in [4.69, 9.17) is 4.74 Å². The summed E-state index contributed by atoms with van der Waals surface area (Å²) in [4.78, 5) is 15.6. The van der Waals surface area contributed by atoms with E-state index >= 15 is 0 Å². The molecule has 0 spiro atoms. The van der Waals surface area contributed by atoms with Crippen molar-refractivity contribution in [2.24, 2.45) is 0 Å². The number of aromatic amines is 1. The van der Waals surface area contributed by atoms with E-state index in [1.54, 1.807) is 7.11 Å². The SMILES string of the molecule is COc1ccc2c(CCNC(=O)c3ccc(C(C)(C)C)cc3)c[nH]c2c1. The number of benzene rings is 2. The first-order valence-corrected chi connectivity index (χ1v) is 8.91.